The van der Waals surface area contributed by atoms with E-state index in [0.717, 1.165) is 30.8 Å². The van der Waals surface area contributed by atoms with Crippen LogP contribution in [0.1, 0.15) is 23.7 Å². The molecule has 0 spiro atoms. The second-order valence-corrected chi connectivity index (χ2v) is 5.30. The van der Waals surface area contributed by atoms with Crippen LogP contribution in [-0.2, 0) is 6.54 Å². The van der Waals surface area contributed by atoms with Gasteiger partial charge in [0.1, 0.15) is 5.75 Å². The number of hydrogen-bond donors (Lipinski definition) is 1. The zero-order valence-electron chi connectivity index (χ0n) is 12.7. The molecule has 2 aromatic rings. The van der Waals surface area contributed by atoms with Crippen molar-refractivity contribution in [2.24, 2.45) is 0 Å². The van der Waals surface area contributed by atoms with Crippen molar-refractivity contribution in [1.29, 1.82) is 0 Å². The third kappa shape index (κ3) is 4.88. The molecule has 2 aromatic carbocycles. The van der Waals surface area contributed by atoms with Crippen LogP contribution in [0.2, 0.25) is 0 Å². The van der Waals surface area contributed by atoms with Gasteiger partial charge in [0.15, 0.2) is 0 Å². The van der Waals surface area contributed by atoms with Crippen molar-refractivity contribution < 1.29 is 9.84 Å². The Labute approximate surface area is 126 Å². The molecule has 1 atom stereocenters. The standard InChI is InChI=1S/C18H23NO2/c1-19(14-15-8-10-17(21-2)11-9-15)13-12-18(20)16-6-4-3-5-7-16/h3-11,18,20H,12-14H2,1-2H3. The molecular weight excluding hydrogens is 262 g/mol. The van der Waals surface area contributed by atoms with Gasteiger partial charge in [-0.1, -0.05) is 42.5 Å². The minimum Gasteiger partial charge on any atom is -0.497 e. The molecule has 3 nitrogen and oxygen atoms in total. The molecule has 0 bridgehead atoms. The molecule has 0 aromatic heterocycles. The SMILES string of the molecule is COc1ccc(CN(C)CCC(O)c2ccccc2)cc1. The topological polar surface area (TPSA) is 32.7 Å². The number of rotatable bonds is 7. The van der Waals surface area contributed by atoms with E-state index in [2.05, 4.69) is 24.1 Å². The van der Waals surface area contributed by atoms with Gasteiger partial charge in [-0.2, -0.15) is 0 Å². The zero-order chi connectivity index (χ0) is 15.1. The monoisotopic (exact) mass is 285 g/mol. The Hall–Kier alpha value is -1.84. The summed E-state index contributed by atoms with van der Waals surface area (Å²) in [4.78, 5) is 2.22. The number of aliphatic hydroxyl groups excluding tert-OH is 1. The molecule has 0 aliphatic rings. The summed E-state index contributed by atoms with van der Waals surface area (Å²) in [5, 5.41) is 10.2. The summed E-state index contributed by atoms with van der Waals surface area (Å²) in [5.74, 6) is 0.876. The van der Waals surface area contributed by atoms with Gasteiger partial charge in [0.2, 0.25) is 0 Å². The summed E-state index contributed by atoms with van der Waals surface area (Å²) in [6.07, 6.45) is 0.334. The molecule has 3 heteroatoms. The first-order chi connectivity index (χ1) is 10.2. The van der Waals surface area contributed by atoms with E-state index in [1.165, 1.54) is 5.56 Å². The Kier molecular flexibility index (Phi) is 5.78. The Morgan fingerprint density at radius 3 is 2.33 bits per heavy atom. The van der Waals surface area contributed by atoms with Crippen molar-refractivity contribution in [2.75, 3.05) is 20.7 Å². The Bertz CT molecular complexity index is 525. The number of ether oxygens (including phenoxy) is 1. The fraction of sp³-hybridized carbons (Fsp3) is 0.333. The molecule has 0 radical (unpaired) electrons. The van der Waals surface area contributed by atoms with Crippen molar-refractivity contribution in [3.05, 3.63) is 65.7 Å². The zero-order valence-corrected chi connectivity index (χ0v) is 12.7. The second-order valence-electron chi connectivity index (χ2n) is 5.30. The van der Waals surface area contributed by atoms with Crippen molar-refractivity contribution in [3.8, 4) is 5.75 Å². The van der Waals surface area contributed by atoms with E-state index >= 15 is 0 Å². The molecule has 0 fully saturated rings. The normalized spacial score (nSPS) is 12.4. The lowest BCUT2D eigenvalue weighted by Crippen LogP contribution is -2.20. The first kappa shape index (κ1) is 15.5. The van der Waals surface area contributed by atoms with Crippen LogP contribution in [-0.4, -0.2) is 30.7 Å². The molecule has 0 saturated carbocycles. The van der Waals surface area contributed by atoms with Crippen LogP contribution in [0.15, 0.2) is 54.6 Å². The highest BCUT2D eigenvalue weighted by atomic mass is 16.5. The predicted octanol–water partition coefficient (Wildman–Crippen LogP) is 3.25. The Balaban J connectivity index is 1.80. The van der Waals surface area contributed by atoms with Crippen molar-refractivity contribution in [3.63, 3.8) is 0 Å². The first-order valence-corrected chi connectivity index (χ1v) is 7.23. The number of methoxy groups -OCH3 is 1. The lowest BCUT2D eigenvalue weighted by Gasteiger charge is -2.19. The van der Waals surface area contributed by atoms with Crippen LogP contribution < -0.4 is 4.74 Å². The van der Waals surface area contributed by atoms with Gasteiger partial charge in [-0.05, 0) is 36.7 Å². The molecule has 0 aliphatic heterocycles. The first-order valence-electron chi connectivity index (χ1n) is 7.23. The van der Waals surface area contributed by atoms with Crippen LogP contribution >= 0.6 is 0 Å². The van der Waals surface area contributed by atoms with Gasteiger partial charge >= 0.3 is 0 Å². The van der Waals surface area contributed by atoms with Gasteiger partial charge in [-0.25, -0.2) is 0 Å². The van der Waals surface area contributed by atoms with E-state index < -0.39 is 6.10 Å². The van der Waals surface area contributed by atoms with Crippen molar-refractivity contribution >= 4 is 0 Å². The summed E-state index contributed by atoms with van der Waals surface area (Å²) < 4.78 is 5.16. The van der Waals surface area contributed by atoms with E-state index in [0.29, 0.717) is 0 Å². The summed E-state index contributed by atoms with van der Waals surface area (Å²) in [6, 6.07) is 17.9. The maximum Gasteiger partial charge on any atom is 0.118 e. The van der Waals surface area contributed by atoms with Gasteiger partial charge in [0.05, 0.1) is 13.2 Å². The Morgan fingerprint density at radius 2 is 1.71 bits per heavy atom. The van der Waals surface area contributed by atoms with Crippen LogP contribution in [0.4, 0.5) is 0 Å². The number of benzene rings is 2. The third-order valence-corrected chi connectivity index (χ3v) is 3.58. The quantitative estimate of drug-likeness (QED) is 0.847. The summed E-state index contributed by atoms with van der Waals surface area (Å²) >= 11 is 0. The largest absolute Gasteiger partial charge is 0.497 e. The average Bonchev–Trinajstić information content (AvgIpc) is 2.54. The maximum atomic E-state index is 10.2. The van der Waals surface area contributed by atoms with E-state index in [1.807, 2.05) is 42.5 Å². The number of aliphatic hydroxyl groups is 1. The Morgan fingerprint density at radius 1 is 1.05 bits per heavy atom. The lowest BCUT2D eigenvalue weighted by atomic mass is 10.1. The van der Waals surface area contributed by atoms with Crippen molar-refractivity contribution in [1.82, 2.24) is 4.90 Å². The molecule has 2 rings (SSSR count). The average molecular weight is 285 g/mol. The van der Waals surface area contributed by atoms with Gasteiger partial charge in [0, 0.05) is 13.1 Å². The molecule has 112 valence electrons. The third-order valence-electron chi connectivity index (χ3n) is 3.58. The fourth-order valence-corrected chi connectivity index (χ4v) is 2.31. The lowest BCUT2D eigenvalue weighted by molar-refractivity contribution is 0.147. The van der Waals surface area contributed by atoms with Crippen LogP contribution in [0.5, 0.6) is 5.75 Å². The van der Waals surface area contributed by atoms with E-state index in [4.69, 9.17) is 4.74 Å². The smallest absolute Gasteiger partial charge is 0.118 e. The van der Waals surface area contributed by atoms with Crippen LogP contribution in [0.3, 0.4) is 0 Å². The molecule has 1 unspecified atom stereocenters. The van der Waals surface area contributed by atoms with E-state index in [1.54, 1.807) is 7.11 Å². The molecule has 0 heterocycles. The molecule has 0 aliphatic carbocycles. The highest BCUT2D eigenvalue weighted by Gasteiger charge is 2.08. The molecule has 0 amide bonds. The minimum absolute atomic E-state index is 0.399. The van der Waals surface area contributed by atoms with Gasteiger partial charge in [0.25, 0.3) is 0 Å². The molecule has 21 heavy (non-hydrogen) atoms. The highest BCUT2D eigenvalue weighted by Crippen LogP contribution is 2.17. The summed E-state index contributed by atoms with van der Waals surface area (Å²) in [5.41, 5.74) is 2.22. The van der Waals surface area contributed by atoms with Gasteiger partial charge in [-0.15, -0.1) is 0 Å². The van der Waals surface area contributed by atoms with E-state index in [9.17, 15) is 5.11 Å². The highest BCUT2D eigenvalue weighted by molar-refractivity contribution is 5.27. The van der Waals surface area contributed by atoms with Gasteiger partial charge in [-0.3, -0.25) is 0 Å². The molecule has 1 N–H and O–H groups in total. The van der Waals surface area contributed by atoms with E-state index in [-0.39, 0.29) is 0 Å². The van der Waals surface area contributed by atoms with Crippen LogP contribution in [0.25, 0.3) is 0 Å². The summed E-state index contributed by atoms with van der Waals surface area (Å²) in [6.45, 7) is 1.72. The van der Waals surface area contributed by atoms with Crippen molar-refractivity contribution in [2.45, 2.75) is 19.1 Å². The van der Waals surface area contributed by atoms with Crippen LogP contribution in [0, 0.1) is 0 Å². The number of nitrogens with zero attached hydrogens (tertiary/aromatic N) is 1. The molecule has 0 saturated heterocycles. The van der Waals surface area contributed by atoms with Gasteiger partial charge < -0.3 is 14.7 Å². The maximum absolute atomic E-state index is 10.2. The molecular formula is C18H23NO2. The minimum atomic E-state index is -0.399. The fourth-order valence-electron chi connectivity index (χ4n) is 2.31. The number of hydrogen-bond acceptors (Lipinski definition) is 3. The summed E-state index contributed by atoms with van der Waals surface area (Å²) in [7, 11) is 3.74. The predicted molar refractivity (Wildman–Crippen MR) is 85.3 cm³/mol. The second kappa shape index (κ2) is 7.81.